The SMILES string of the molecule is Cc1ccc(C)c(NC(=O)COc2c(Br)cc(Br)cc2/C=C2\C(=O)NC(=O)N(c3cccc(Cl)c3)C2=O)c1. The molecule has 0 aromatic heterocycles. The number of urea groups is 1. The molecule has 1 aliphatic heterocycles. The Morgan fingerprint density at radius 1 is 1.08 bits per heavy atom. The largest absolute Gasteiger partial charge is 0.482 e. The summed E-state index contributed by atoms with van der Waals surface area (Å²) in [6.45, 7) is 3.47. The number of ether oxygens (including phenoxy) is 1. The van der Waals surface area contributed by atoms with Gasteiger partial charge >= 0.3 is 6.03 Å². The molecule has 11 heteroatoms. The number of hydrogen-bond acceptors (Lipinski definition) is 5. The van der Waals surface area contributed by atoms with Gasteiger partial charge in [0.2, 0.25) is 0 Å². The van der Waals surface area contributed by atoms with Crippen LogP contribution >= 0.6 is 43.5 Å². The third-order valence-electron chi connectivity index (χ3n) is 5.52. The van der Waals surface area contributed by atoms with Crippen molar-refractivity contribution >= 4 is 84.7 Å². The molecule has 4 rings (SSSR count). The number of imide groups is 2. The molecule has 0 atom stereocenters. The fourth-order valence-corrected chi connectivity index (χ4v) is 5.25. The lowest BCUT2D eigenvalue weighted by molar-refractivity contribution is -0.122. The molecule has 0 spiro atoms. The number of amides is 5. The van der Waals surface area contributed by atoms with E-state index in [1.807, 2.05) is 32.0 Å². The van der Waals surface area contributed by atoms with Crippen molar-refractivity contribution in [2.24, 2.45) is 0 Å². The maximum absolute atomic E-state index is 13.3. The summed E-state index contributed by atoms with van der Waals surface area (Å²) in [4.78, 5) is 51.9. The molecule has 8 nitrogen and oxygen atoms in total. The lowest BCUT2D eigenvalue weighted by Crippen LogP contribution is -2.54. The number of rotatable bonds is 6. The van der Waals surface area contributed by atoms with Crippen LogP contribution < -0.4 is 20.3 Å². The van der Waals surface area contributed by atoms with E-state index in [9.17, 15) is 19.2 Å². The van der Waals surface area contributed by atoms with Gasteiger partial charge in [-0.25, -0.2) is 9.69 Å². The molecule has 3 aromatic carbocycles. The van der Waals surface area contributed by atoms with Gasteiger partial charge in [-0.1, -0.05) is 45.7 Å². The molecule has 194 valence electrons. The van der Waals surface area contributed by atoms with Gasteiger partial charge in [0.25, 0.3) is 17.7 Å². The molecule has 1 fully saturated rings. The van der Waals surface area contributed by atoms with Gasteiger partial charge in [-0.15, -0.1) is 0 Å². The molecule has 0 unspecified atom stereocenters. The first-order valence-electron chi connectivity index (χ1n) is 11.2. The van der Waals surface area contributed by atoms with Crippen molar-refractivity contribution in [2.75, 3.05) is 16.8 Å². The van der Waals surface area contributed by atoms with Crippen molar-refractivity contribution < 1.29 is 23.9 Å². The Morgan fingerprint density at radius 3 is 2.58 bits per heavy atom. The van der Waals surface area contributed by atoms with Crippen molar-refractivity contribution in [1.29, 1.82) is 0 Å². The number of anilines is 2. The van der Waals surface area contributed by atoms with Crippen molar-refractivity contribution in [3.63, 3.8) is 0 Å². The lowest BCUT2D eigenvalue weighted by Gasteiger charge is -2.26. The van der Waals surface area contributed by atoms with Crippen LogP contribution in [0, 0.1) is 13.8 Å². The van der Waals surface area contributed by atoms with E-state index < -0.39 is 23.8 Å². The zero-order chi connectivity index (χ0) is 27.6. The van der Waals surface area contributed by atoms with Crippen molar-refractivity contribution in [2.45, 2.75) is 13.8 Å². The summed E-state index contributed by atoms with van der Waals surface area (Å²) in [6.07, 6.45) is 1.30. The number of nitrogens with one attached hydrogen (secondary N) is 2. The molecule has 1 heterocycles. The Balaban J connectivity index is 1.63. The average molecular weight is 662 g/mol. The van der Waals surface area contributed by atoms with Gasteiger partial charge in [-0.3, -0.25) is 19.7 Å². The molecular formula is C27H20Br2ClN3O5. The normalized spacial score (nSPS) is 14.5. The molecule has 1 aliphatic rings. The Bertz CT molecular complexity index is 1520. The highest BCUT2D eigenvalue weighted by molar-refractivity contribution is 9.11. The van der Waals surface area contributed by atoms with Crippen LogP contribution in [0.15, 0.2) is 69.1 Å². The highest BCUT2D eigenvalue weighted by Gasteiger charge is 2.37. The summed E-state index contributed by atoms with van der Waals surface area (Å²) in [5, 5.41) is 5.31. The van der Waals surface area contributed by atoms with Crippen LogP contribution in [-0.4, -0.2) is 30.4 Å². The van der Waals surface area contributed by atoms with Gasteiger partial charge in [0.05, 0.1) is 10.2 Å². The van der Waals surface area contributed by atoms with Crippen LogP contribution in [0.1, 0.15) is 16.7 Å². The third-order valence-corrected chi connectivity index (χ3v) is 6.80. The summed E-state index contributed by atoms with van der Waals surface area (Å²) in [7, 11) is 0. The molecule has 0 aliphatic carbocycles. The van der Waals surface area contributed by atoms with Crippen LogP contribution in [0.2, 0.25) is 5.02 Å². The minimum atomic E-state index is -0.894. The zero-order valence-corrected chi connectivity index (χ0v) is 24.0. The maximum Gasteiger partial charge on any atom is 0.335 e. The van der Waals surface area contributed by atoms with Gasteiger partial charge < -0.3 is 10.1 Å². The second kappa shape index (κ2) is 11.5. The smallest absolute Gasteiger partial charge is 0.335 e. The van der Waals surface area contributed by atoms with Crippen molar-refractivity contribution in [3.8, 4) is 5.75 Å². The standard InChI is InChI=1S/C27H20Br2ClN3O5/c1-14-6-7-15(2)22(8-14)31-23(34)13-38-24-16(9-17(28)11-21(24)29)10-20-25(35)32-27(37)33(26(20)36)19-5-3-4-18(30)12-19/h3-12H,13H2,1-2H3,(H,31,34)(H,32,35,37)/b20-10+. The van der Waals surface area contributed by atoms with Gasteiger partial charge in [0.15, 0.2) is 6.61 Å². The molecule has 1 saturated heterocycles. The second-order valence-corrected chi connectivity index (χ2v) is 10.6. The molecule has 3 aromatic rings. The molecule has 2 N–H and O–H groups in total. The van der Waals surface area contributed by atoms with E-state index in [0.717, 1.165) is 16.0 Å². The highest BCUT2D eigenvalue weighted by Crippen LogP contribution is 2.35. The topological polar surface area (TPSA) is 105 Å². The first-order chi connectivity index (χ1) is 18.0. The predicted molar refractivity (Wildman–Crippen MR) is 152 cm³/mol. The number of halogens is 3. The molecule has 0 radical (unpaired) electrons. The van der Waals surface area contributed by atoms with Gasteiger partial charge in [0.1, 0.15) is 11.3 Å². The summed E-state index contributed by atoms with van der Waals surface area (Å²) < 4.78 is 6.92. The molecule has 5 amide bonds. The molecule has 0 saturated carbocycles. The summed E-state index contributed by atoms with van der Waals surface area (Å²) in [6, 6.07) is 14.3. The maximum atomic E-state index is 13.3. The number of carbonyl (C=O) groups is 4. The van der Waals surface area contributed by atoms with Crippen LogP contribution in [0.4, 0.5) is 16.2 Å². The van der Waals surface area contributed by atoms with Gasteiger partial charge in [0, 0.05) is 20.7 Å². The van der Waals surface area contributed by atoms with Gasteiger partial charge in [-0.2, -0.15) is 0 Å². The average Bonchev–Trinajstić information content (AvgIpc) is 2.83. The molecule has 0 bridgehead atoms. The third kappa shape index (κ3) is 6.15. The minimum Gasteiger partial charge on any atom is -0.482 e. The fraction of sp³-hybridized carbons (Fsp3) is 0.111. The predicted octanol–water partition coefficient (Wildman–Crippen LogP) is 6.17. The van der Waals surface area contributed by atoms with E-state index >= 15 is 0 Å². The summed E-state index contributed by atoms with van der Waals surface area (Å²) >= 11 is 12.8. The first kappa shape index (κ1) is 27.6. The van der Waals surface area contributed by atoms with Crippen molar-refractivity contribution in [1.82, 2.24) is 5.32 Å². The lowest BCUT2D eigenvalue weighted by atomic mass is 10.1. The number of aryl methyl sites for hydroxylation is 2. The monoisotopic (exact) mass is 659 g/mol. The number of hydrogen-bond donors (Lipinski definition) is 2. The van der Waals surface area contributed by atoms with Crippen LogP contribution in [0.5, 0.6) is 5.75 Å². The van der Waals surface area contributed by atoms with Crippen LogP contribution in [-0.2, 0) is 14.4 Å². The fourth-order valence-electron chi connectivity index (χ4n) is 3.70. The van der Waals surface area contributed by atoms with Crippen molar-refractivity contribution in [3.05, 3.63) is 90.8 Å². The molecule has 38 heavy (non-hydrogen) atoms. The number of benzene rings is 3. The minimum absolute atomic E-state index is 0.202. The van der Waals surface area contributed by atoms with E-state index in [1.165, 1.54) is 18.2 Å². The first-order valence-corrected chi connectivity index (χ1v) is 13.2. The number of nitrogens with zero attached hydrogens (tertiary/aromatic N) is 1. The Hall–Kier alpha value is -3.47. The van der Waals surface area contributed by atoms with Crippen LogP contribution in [0.3, 0.4) is 0 Å². The summed E-state index contributed by atoms with van der Waals surface area (Å²) in [5.41, 5.74) is 2.79. The second-order valence-electron chi connectivity index (χ2n) is 8.40. The van der Waals surface area contributed by atoms with E-state index in [2.05, 4.69) is 42.5 Å². The van der Waals surface area contributed by atoms with Gasteiger partial charge in [-0.05, 0) is 83.4 Å². The van der Waals surface area contributed by atoms with E-state index in [0.29, 0.717) is 25.2 Å². The van der Waals surface area contributed by atoms with Crippen LogP contribution in [0.25, 0.3) is 6.08 Å². The molecular weight excluding hydrogens is 642 g/mol. The number of carbonyl (C=O) groups excluding carboxylic acids is 4. The van der Waals surface area contributed by atoms with E-state index in [1.54, 1.807) is 24.3 Å². The Morgan fingerprint density at radius 2 is 1.84 bits per heavy atom. The summed E-state index contributed by atoms with van der Waals surface area (Å²) in [5.74, 6) is -1.87. The number of barbiturate groups is 1. The van der Waals surface area contributed by atoms with E-state index in [4.69, 9.17) is 16.3 Å². The Labute approximate surface area is 240 Å². The quantitative estimate of drug-likeness (QED) is 0.243. The zero-order valence-electron chi connectivity index (χ0n) is 20.1. The highest BCUT2D eigenvalue weighted by atomic mass is 79.9. The van der Waals surface area contributed by atoms with E-state index in [-0.39, 0.29) is 23.6 Å². The Kier molecular flexibility index (Phi) is 8.35.